The SMILES string of the molecule is CCC1(C(=O)O)CCN(C(=O)N(C)CCOC)CC1. The Morgan fingerprint density at radius 3 is 2.37 bits per heavy atom. The Bertz CT molecular complexity index is 325. The second-order valence-corrected chi connectivity index (χ2v) is 5.12. The first-order valence-corrected chi connectivity index (χ1v) is 6.69. The number of rotatable bonds is 5. The summed E-state index contributed by atoms with van der Waals surface area (Å²) in [6.07, 6.45) is 1.68. The number of piperidine rings is 1. The predicted molar refractivity (Wildman–Crippen MR) is 71.1 cm³/mol. The highest BCUT2D eigenvalue weighted by atomic mass is 16.5. The first kappa shape index (κ1) is 15.8. The van der Waals surface area contributed by atoms with E-state index < -0.39 is 11.4 Å². The highest BCUT2D eigenvalue weighted by Crippen LogP contribution is 2.35. The molecule has 19 heavy (non-hydrogen) atoms. The molecule has 110 valence electrons. The predicted octanol–water partition coefficient (Wildman–Crippen LogP) is 1.26. The summed E-state index contributed by atoms with van der Waals surface area (Å²) < 4.78 is 4.94. The first-order valence-electron chi connectivity index (χ1n) is 6.69. The summed E-state index contributed by atoms with van der Waals surface area (Å²) >= 11 is 0. The molecule has 0 atom stereocenters. The molecule has 6 heteroatoms. The van der Waals surface area contributed by atoms with Crippen molar-refractivity contribution in [3.05, 3.63) is 0 Å². The number of amides is 2. The van der Waals surface area contributed by atoms with Crippen LogP contribution in [-0.2, 0) is 9.53 Å². The topological polar surface area (TPSA) is 70.1 Å². The van der Waals surface area contributed by atoms with Crippen LogP contribution in [0.1, 0.15) is 26.2 Å². The van der Waals surface area contributed by atoms with Gasteiger partial charge in [0.05, 0.1) is 12.0 Å². The molecule has 0 bridgehead atoms. The molecular formula is C13H24N2O4. The largest absolute Gasteiger partial charge is 0.481 e. The van der Waals surface area contributed by atoms with Crippen LogP contribution in [0.2, 0.25) is 0 Å². The van der Waals surface area contributed by atoms with E-state index in [1.54, 1.807) is 24.0 Å². The fourth-order valence-electron chi connectivity index (χ4n) is 2.41. The van der Waals surface area contributed by atoms with Crippen LogP contribution in [-0.4, -0.2) is 67.3 Å². The second kappa shape index (κ2) is 6.75. The number of methoxy groups -OCH3 is 1. The summed E-state index contributed by atoms with van der Waals surface area (Å²) in [7, 11) is 3.34. The normalized spacial score (nSPS) is 18.2. The zero-order valence-electron chi connectivity index (χ0n) is 12.0. The van der Waals surface area contributed by atoms with Crippen LogP contribution in [0, 0.1) is 5.41 Å². The lowest BCUT2D eigenvalue weighted by molar-refractivity contribution is -0.152. The minimum atomic E-state index is -0.741. The molecule has 0 aromatic rings. The number of likely N-dealkylation sites (tertiary alicyclic amines) is 1. The van der Waals surface area contributed by atoms with Crippen LogP contribution in [0.3, 0.4) is 0 Å². The van der Waals surface area contributed by atoms with E-state index in [1.807, 2.05) is 6.92 Å². The van der Waals surface area contributed by atoms with Gasteiger partial charge in [-0.2, -0.15) is 0 Å². The third-order valence-electron chi connectivity index (χ3n) is 4.08. The van der Waals surface area contributed by atoms with Crippen molar-refractivity contribution in [2.75, 3.05) is 40.4 Å². The molecule has 1 aliphatic heterocycles. The Morgan fingerprint density at radius 2 is 1.95 bits per heavy atom. The van der Waals surface area contributed by atoms with E-state index in [4.69, 9.17) is 4.74 Å². The van der Waals surface area contributed by atoms with Crippen molar-refractivity contribution in [1.82, 2.24) is 9.80 Å². The minimum absolute atomic E-state index is 0.0489. The number of hydrogen-bond donors (Lipinski definition) is 1. The number of likely N-dealkylation sites (N-methyl/N-ethyl adjacent to an activating group) is 1. The number of nitrogens with zero attached hydrogens (tertiary/aromatic N) is 2. The number of hydrogen-bond acceptors (Lipinski definition) is 3. The Balaban J connectivity index is 2.53. The van der Waals surface area contributed by atoms with Gasteiger partial charge in [0.25, 0.3) is 0 Å². The van der Waals surface area contributed by atoms with Crippen molar-refractivity contribution in [3.63, 3.8) is 0 Å². The minimum Gasteiger partial charge on any atom is -0.481 e. The Hall–Kier alpha value is -1.30. The van der Waals surface area contributed by atoms with E-state index in [0.717, 1.165) is 0 Å². The molecule has 1 fully saturated rings. The average Bonchev–Trinajstić information content (AvgIpc) is 2.43. The number of ether oxygens (including phenoxy) is 1. The molecule has 0 aliphatic carbocycles. The van der Waals surface area contributed by atoms with Crippen molar-refractivity contribution < 1.29 is 19.4 Å². The van der Waals surface area contributed by atoms with E-state index in [1.165, 1.54) is 0 Å². The highest BCUT2D eigenvalue weighted by Gasteiger charge is 2.41. The monoisotopic (exact) mass is 272 g/mol. The van der Waals surface area contributed by atoms with Crippen LogP contribution >= 0.6 is 0 Å². The number of aliphatic carboxylic acids is 1. The average molecular weight is 272 g/mol. The Kier molecular flexibility index (Phi) is 5.60. The molecule has 1 rings (SSSR count). The molecule has 6 nitrogen and oxygen atoms in total. The fraction of sp³-hybridized carbons (Fsp3) is 0.846. The molecular weight excluding hydrogens is 248 g/mol. The summed E-state index contributed by atoms with van der Waals surface area (Å²) in [5.41, 5.74) is -0.651. The molecule has 0 spiro atoms. The summed E-state index contributed by atoms with van der Waals surface area (Å²) in [6, 6.07) is -0.0489. The Morgan fingerprint density at radius 1 is 1.37 bits per heavy atom. The van der Waals surface area contributed by atoms with Crippen LogP contribution in [0.4, 0.5) is 4.79 Å². The van der Waals surface area contributed by atoms with Gasteiger partial charge in [-0.25, -0.2) is 4.79 Å². The van der Waals surface area contributed by atoms with Gasteiger partial charge < -0.3 is 19.6 Å². The first-order chi connectivity index (χ1) is 8.96. The lowest BCUT2D eigenvalue weighted by Crippen LogP contribution is -2.50. The molecule has 1 heterocycles. The number of carboxylic acids is 1. The third-order valence-corrected chi connectivity index (χ3v) is 4.08. The summed E-state index contributed by atoms with van der Waals surface area (Å²) in [4.78, 5) is 26.8. The van der Waals surface area contributed by atoms with Gasteiger partial charge in [0.1, 0.15) is 0 Å². The smallest absolute Gasteiger partial charge is 0.319 e. The van der Waals surface area contributed by atoms with Gasteiger partial charge in [-0.15, -0.1) is 0 Å². The molecule has 0 radical (unpaired) electrons. The molecule has 2 amide bonds. The zero-order chi connectivity index (χ0) is 14.5. The van der Waals surface area contributed by atoms with Gasteiger partial charge in [0.2, 0.25) is 0 Å². The maximum atomic E-state index is 12.1. The van der Waals surface area contributed by atoms with Crippen molar-refractivity contribution in [3.8, 4) is 0 Å². The zero-order valence-corrected chi connectivity index (χ0v) is 12.0. The quantitative estimate of drug-likeness (QED) is 0.818. The molecule has 0 unspecified atom stereocenters. The van der Waals surface area contributed by atoms with E-state index >= 15 is 0 Å². The molecule has 0 aromatic heterocycles. The maximum Gasteiger partial charge on any atom is 0.319 e. The highest BCUT2D eigenvalue weighted by molar-refractivity contribution is 5.77. The van der Waals surface area contributed by atoms with Crippen molar-refractivity contribution in [2.24, 2.45) is 5.41 Å². The lowest BCUT2D eigenvalue weighted by atomic mass is 9.76. The van der Waals surface area contributed by atoms with Crippen LogP contribution in [0.5, 0.6) is 0 Å². The van der Waals surface area contributed by atoms with Crippen molar-refractivity contribution in [1.29, 1.82) is 0 Å². The van der Waals surface area contributed by atoms with Crippen molar-refractivity contribution in [2.45, 2.75) is 26.2 Å². The molecule has 1 saturated heterocycles. The molecule has 1 aliphatic rings. The molecule has 0 aromatic carbocycles. The fourth-order valence-corrected chi connectivity index (χ4v) is 2.41. The second-order valence-electron chi connectivity index (χ2n) is 5.12. The maximum absolute atomic E-state index is 12.1. The van der Waals surface area contributed by atoms with Gasteiger partial charge in [0.15, 0.2) is 0 Å². The summed E-state index contributed by atoms with van der Waals surface area (Å²) in [6.45, 7) is 3.97. The standard InChI is InChI=1S/C13H24N2O4/c1-4-13(11(16)17)5-7-15(8-6-13)12(18)14(2)9-10-19-3/h4-10H2,1-3H3,(H,16,17). The summed E-state index contributed by atoms with van der Waals surface area (Å²) in [5, 5.41) is 9.31. The van der Waals surface area contributed by atoms with Gasteiger partial charge in [-0.05, 0) is 19.3 Å². The molecule has 1 N–H and O–H groups in total. The number of carbonyl (C=O) groups excluding carboxylic acids is 1. The van der Waals surface area contributed by atoms with Crippen LogP contribution in [0.15, 0.2) is 0 Å². The number of urea groups is 1. The van der Waals surface area contributed by atoms with Gasteiger partial charge in [-0.1, -0.05) is 6.92 Å². The number of carbonyl (C=O) groups is 2. The lowest BCUT2D eigenvalue weighted by Gasteiger charge is -2.39. The van der Waals surface area contributed by atoms with Gasteiger partial charge in [0, 0.05) is 33.8 Å². The van der Waals surface area contributed by atoms with E-state index in [9.17, 15) is 14.7 Å². The van der Waals surface area contributed by atoms with Crippen LogP contribution in [0.25, 0.3) is 0 Å². The van der Waals surface area contributed by atoms with E-state index in [2.05, 4.69) is 0 Å². The Labute approximate surface area is 114 Å². The van der Waals surface area contributed by atoms with Crippen molar-refractivity contribution >= 4 is 12.0 Å². The van der Waals surface area contributed by atoms with Gasteiger partial charge in [-0.3, -0.25) is 4.79 Å². The summed E-state index contributed by atoms with van der Waals surface area (Å²) in [5.74, 6) is -0.741. The number of carboxylic acid groups (broad SMARTS) is 1. The van der Waals surface area contributed by atoms with Crippen LogP contribution < -0.4 is 0 Å². The van der Waals surface area contributed by atoms with Gasteiger partial charge >= 0.3 is 12.0 Å². The van der Waals surface area contributed by atoms with E-state index in [-0.39, 0.29) is 6.03 Å². The molecule has 0 saturated carbocycles. The third kappa shape index (κ3) is 3.59. The van der Waals surface area contributed by atoms with E-state index in [0.29, 0.717) is 45.5 Å².